The van der Waals surface area contributed by atoms with Gasteiger partial charge in [-0.15, -0.1) is 0 Å². The van der Waals surface area contributed by atoms with Crippen LogP contribution in [0.5, 0.6) is 5.75 Å². The number of nitrogens with one attached hydrogen (secondary N) is 1. The van der Waals surface area contributed by atoms with Crippen LogP contribution in [0.1, 0.15) is 37.7 Å². The number of carbonyl (C=O) groups is 1. The quantitative estimate of drug-likeness (QED) is 0.751. The summed E-state index contributed by atoms with van der Waals surface area (Å²) in [7, 11) is 0. The Morgan fingerprint density at radius 1 is 1.33 bits per heavy atom. The van der Waals surface area contributed by atoms with Gasteiger partial charge in [0.15, 0.2) is 0 Å². The van der Waals surface area contributed by atoms with Crippen LogP contribution < -0.4 is 11.1 Å². The highest BCUT2D eigenvalue weighted by molar-refractivity contribution is 5.93. The van der Waals surface area contributed by atoms with Crippen molar-refractivity contribution in [2.75, 3.05) is 5.32 Å². The maximum atomic E-state index is 12.6. The standard InChI is InChI=1S/C14H17F3N2O2/c15-14(16,17)9-3-4-11(20)10(7-9)19-12(21)8-13(18)5-1-2-6-13/h3-4,7,20H,1-2,5-6,8,18H2,(H,19,21). The molecule has 1 fully saturated rings. The molecule has 0 aromatic heterocycles. The van der Waals surface area contributed by atoms with Crippen LogP contribution in [0.4, 0.5) is 18.9 Å². The van der Waals surface area contributed by atoms with Gasteiger partial charge in [-0.1, -0.05) is 12.8 Å². The summed E-state index contributed by atoms with van der Waals surface area (Å²) in [5, 5.41) is 11.9. The van der Waals surface area contributed by atoms with E-state index in [0.717, 1.165) is 37.8 Å². The van der Waals surface area contributed by atoms with E-state index in [1.54, 1.807) is 0 Å². The number of aromatic hydroxyl groups is 1. The molecule has 0 aliphatic heterocycles. The number of alkyl halides is 3. The minimum absolute atomic E-state index is 0.0304. The van der Waals surface area contributed by atoms with Crippen molar-refractivity contribution in [1.82, 2.24) is 0 Å². The van der Waals surface area contributed by atoms with Gasteiger partial charge < -0.3 is 16.2 Å². The van der Waals surface area contributed by atoms with Gasteiger partial charge in [-0.3, -0.25) is 4.79 Å². The highest BCUT2D eigenvalue weighted by Crippen LogP contribution is 2.35. The van der Waals surface area contributed by atoms with Gasteiger partial charge in [0.05, 0.1) is 11.3 Å². The number of phenols is 1. The lowest BCUT2D eigenvalue weighted by atomic mass is 9.94. The maximum absolute atomic E-state index is 12.6. The Bertz CT molecular complexity index is 538. The first-order chi connectivity index (χ1) is 9.70. The van der Waals surface area contributed by atoms with Crippen LogP contribution in [-0.2, 0) is 11.0 Å². The van der Waals surface area contributed by atoms with Crippen molar-refractivity contribution in [2.45, 2.75) is 43.8 Å². The van der Waals surface area contributed by atoms with E-state index >= 15 is 0 Å². The molecule has 0 atom stereocenters. The van der Waals surface area contributed by atoms with Crippen LogP contribution in [0.2, 0.25) is 0 Å². The molecule has 1 aliphatic rings. The predicted octanol–water partition coefficient (Wildman–Crippen LogP) is 3.01. The number of hydrogen-bond donors (Lipinski definition) is 3. The molecule has 4 nitrogen and oxygen atoms in total. The monoisotopic (exact) mass is 302 g/mol. The van der Waals surface area contributed by atoms with E-state index in [9.17, 15) is 23.1 Å². The Morgan fingerprint density at radius 2 is 1.95 bits per heavy atom. The molecule has 4 N–H and O–H groups in total. The van der Waals surface area contributed by atoms with Crippen LogP contribution in [0.3, 0.4) is 0 Å². The molecule has 21 heavy (non-hydrogen) atoms. The second kappa shape index (κ2) is 5.55. The molecule has 0 heterocycles. The zero-order chi connectivity index (χ0) is 15.7. The number of phenolic OH excluding ortho intramolecular Hbond substituents is 1. The van der Waals surface area contributed by atoms with Gasteiger partial charge in [-0.2, -0.15) is 13.2 Å². The van der Waals surface area contributed by atoms with E-state index in [1.807, 2.05) is 0 Å². The molecular formula is C14H17F3N2O2. The largest absolute Gasteiger partial charge is 0.506 e. The summed E-state index contributed by atoms with van der Waals surface area (Å²) in [6.07, 6.45) is -1.18. The summed E-state index contributed by atoms with van der Waals surface area (Å²) in [6.45, 7) is 0. The molecule has 1 aliphatic carbocycles. The predicted molar refractivity (Wildman–Crippen MR) is 71.7 cm³/mol. The number of rotatable bonds is 3. The van der Waals surface area contributed by atoms with Gasteiger partial charge in [0.1, 0.15) is 5.75 Å². The molecule has 0 unspecified atom stereocenters. The second-order valence-corrected chi connectivity index (χ2v) is 5.52. The first-order valence-corrected chi connectivity index (χ1v) is 6.69. The van der Waals surface area contributed by atoms with Crippen molar-refractivity contribution in [2.24, 2.45) is 5.73 Å². The number of hydrogen-bond acceptors (Lipinski definition) is 3. The zero-order valence-corrected chi connectivity index (χ0v) is 11.3. The van der Waals surface area contributed by atoms with E-state index in [4.69, 9.17) is 5.73 Å². The highest BCUT2D eigenvalue weighted by Gasteiger charge is 2.33. The lowest BCUT2D eigenvalue weighted by molar-refractivity contribution is -0.137. The van der Waals surface area contributed by atoms with Gasteiger partial charge in [0.25, 0.3) is 0 Å². The SMILES string of the molecule is NC1(CC(=O)Nc2cc(C(F)(F)F)ccc2O)CCCC1. The van der Waals surface area contributed by atoms with Crippen LogP contribution in [-0.4, -0.2) is 16.6 Å². The third kappa shape index (κ3) is 3.87. The Labute approximate surface area is 120 Å². The average molecular weight is 302 g/mol. The number of amides is 1. The third-order valence-electron chi connectivity index (χ3n) is 3.71. The summed E-state index contributed by atoms with van der Waals surface area (Å²) in [4.78, 5) is 11.9. The normalized spacial score (nSPS) is 17.7. The van der Waals surface area contributed by atoms with E-state index in [2.05, 4.69) is 5.32 Å². The van der Waals surface area contributed by atoms with Crippen molar-refractivity contribution < 1.29 is 23.1 Å². The molecule has 0 saturated heterocycles. The number of anilines is 1. The first kappa shape index (κ1) is 15.6. The number of nitrogens with two attached hydrogens (primary N) is 1. The average Bonchev–Trinajstić information content (AvgIpc) is 2.77. The molecule has 1 aromatic carbocycles. The van der Waals surface area contributed by atoms with E-state index < -0.39 is 28.9 Å². The Morgan fingerprint density at radius 3 is 2.52 bits per heavy atom. The van der Waals surface area contributed by atoms with Crippen LogP contribution in [0, 0.1) is 0 Å². The van der Waals surface area contributed by atoms with E-state index in [-0.39, 0.29) is 12.1 Å². The van der Waals surface area contributed by atoms with Gasteiger partial charge in [-0.05, 0) is 31.0 Å². The molecular weight excluding hydrogens is 285 g/mol. The Balaban J connectivity index is 2.10. The topological polar surface area (TPSA) is 75.4 Å². The fourth-order valence-corrected chi connectivity index (χ4v) is 2.58. The molecule has 7 heteroatoms. The first-order valence-electron chi connectivity index (χ1n) is 6.69. The summed E-state index contributed by atoms with van der Waals surface area (Å²) in [5.74, 6) is -0.900. The third-order valence-corrected chi connectivity index (χ3v) is 3.71. The molecule has 1 aromatic rings. The summed E-state index contributed by atoms with van der Waals surface area (Å²) >= 11 is 0. The van der Waals surface area contributed by atoms with E-state index in [1.165, 1.54) is 0 Å². The lowest BCUT2D eigenvalue weighted by Crippen LogP contribution is -2.40. The van der Waals surface area contributed by atoms with Gasteiger partial charge in [0, 0.05) is 12.0 Å². The molecule has 0 radical (unpaired) electrons. The second-order valence-electron chi connectivity index (χ2n) is 5.52. The molecule has 0 bridgehead atoms. The maximum Gasteiger partial charge on any atom is 0.416 e. The van der Waals surface area contributed by atoms with Crippen LogP contribution in [0.15, 0.2) is 18.2 Å². The zero-order valence-electron chi connectivity index (χ0n) is 11.3. The molecule has 0 spiro atoms. The molecule has 1 saturated carbocycles. The summed E-state index contributed by atoms with van der Waals surface area (Å²) in [6, 6.07) is 2.38. The fraction of sp³-hybridized carbons (Fsp3) is 0.500. The van der Waals surface area contributed by atoms with Gasteiger partial charge in [0.2, 0.25) is 5.91 Å². The van der Waals surface area contributed by atoms with Gasteiger partial charge in [-0.25, -0.2) is 0 Å². The number of benzene rings is 1. The minimum Gasteiger partial charge on any atom is -0.506 e. The van der Waals surface area contributed by atoms with Crippen molar-refractivity contribution >= 4 is 11.6 Å². The van der Waals surface area contributed by atoms with E-state index in [0.29, 0.717) is 6.07 Å². The van der Waals surface area contributed by atoms with Crippen molar-refractivity contribution in [3.63, 3.8) is 0 Å². The van der Waals surface area contributed by atoms with Crippen molar-refractivity contribution in [1.29, 1.82) is 0 Å². The van der Waals surface area contributed by atoms with Crippen LogP contribution in [0.25, 0.3) is 0 Å². The fourth-order valence-electron chi connectivity index (χ4n) is 2.58. The van der Waals surface area contributed by atoms with Crippen molar-refractivity contribution in [3.05, 3.63) is 23.8 Å². The number of carbonyl (C=O) groups excluding carboxylic acids is 1. The lowest BCUT2D eigenvalue weighted by Gasteiger charge is -2.22. The van der Waals surface area contributed by atoms with Crippen LogP contribution >= 0.6 is 0 Å². The van der Waals surface area contributed by atoms with Crippen molar-refractivity contribution in [3.8, 4) is 5.75 Å². The summed E-state index contributed by atoms with van der Waals surface area (Å²) < 4.78 is 37.8. The Kier molecular flexibility index (Phi) is 4.13. The summed E-state index contributed by atoms with van der Waals surface area (Å²) in [5.41, 5.74) is 4.27. The number of halogens is 3. The molecule has 1 amide bonds. The van der Waals surface area contributed by atoms with Gasteiger partial charge >= 0.3 is 6.18 Å². The Hall–Kier alpha value is -1.76. The minimum atomic E-state index is -4.53. The molecule has 2 rings (SSSR count). The smallest absolute Gasteiger partial charge is 0.416 e. The highest BCUT2D eigenvalue weighted by atomic mass is 19.4. The molecule has 116 valence electrons.